The van der Waals surface area contributed by atoms with Gasteiger partial charge in [0, 0.05) is 0 Å². The molecule has 70 heavy (non-hydrogen) atoms. The van der Waals surface area contributed by atoms with Gasteiger partial charge in [0.2, 0.25) is 5.91 Å². The molecule has 0 bridgehead atoms. The Labute approximate surface area is 423 Å². The van der Waals surface area contributed by atoms with Crippen LogP contribution in [0, 0.1) is 5.92 Å². The molecule has 0 spiro atoms. The zero-order valence-corrected chi connectivity index (χ0v) is 44.1. The lowest BCUT2D eigenvalue weighted by molar-refractivity contribution is -0.359. The van der Waals surface area contributed by atoms with Crippen molar-refractivity contribution < 1.29 is 69.7 Å². The Hall–Kier alpha value is -1.31. The molecule has 414 valence electrons. The van der Waals surface area contributed by atoms with Crippen LogP contribution in [0.15, 0.2) is 12.2 Å². The molecule has 0 aromatic heterocycles. The lowest BCUT2D eigenvalue weighted by atomic mass is 9.97. The predicted molar refractivity (Wildman–Crippen MR) is 274 cm³/mol. The summed E-state index contributed by atoms with van der Waals surface area (Å²) in [6.45, 7) is 4.95. The SMILES string of the molecule is CCCCCCCCCCCCCCCCCCCCCC[C@@H](O)C(=O)N[C@@H](CO[C@@H]1O[C@H](CO)[C@@H](O[C@@H]2O[C@H](CO)[C@@H](O)[C@H](O)[C@H]2O)[C@H](O)[C@H]1O)[C@H](O)/C=C/CCCCCCCCCCC(C)CC. The summed E-state index contributed by atoms with van der Waals surface area (Å²) in [7, 11) is 0. The second-order valence-electron chi connectivity index (χ2n) is 20.8. The third-order valence-electron chi connectivity index (χ3n) is 14.6. The van der Waals surface area contributed by atoms with Crippen LogP contribution in [-0.2, 0) is 23.7 Å². The summed E-state index contributed by atoms with van der Waals surface area (Å²) >= 11 is 0. The third-order valence-corrected chi connectivity index (χ3v) is 14.6. The van der Waals surface area contributed by atoms with Crippen molar-refractivity contribution in [1.82, 2.24) is 5.32 Å². The van der Waals surface area contributed by atoms with Crippen LogP contribution in [0.2, 0.25) is 0 Å². The minimum absolute atomic E-state index is 0.257. The number of amides is 1. The fourth-order valence-corrected chi connectivity index (χ4v) is 9.51. The summed E-state index contributed by atoms with van der Waals surface area (Å²) in [5, 5.41) is 97.6. The van der Waals surface area contributed by atoms with Crippen molar-refractivity contribution >= 4 is 5.91 Å². The van der Waals surface area contributed by atoms with Crippen LogP contribution in [-0.4, -0.2) is 151 Å². The van der Waals surface area contributed by atoms with E-state index in [1.165, 1.54) is 148 Å². The number of unbranched alkanes of at least 4 members (excludes halogenated alkanes) is 27. The van der Waals surface area contributed by atoms with E-state index in [-0.39, 0.29) is 6.42 Å². The average Bonchev–Trinajstić information content (AvgIpc) is 3.36. The van der Waals surface area contributed by atoms with E-state index in [1.54, 1.807) is 6.08 Å². The monoisotopic (exact) mass is 1000 g/mol. The van der Waals surface area contributed by atoms with E-state index in [2.05, 4.69) is 26.1 Å². The molecule has 10 N–H and O–H groups in total. The molecular weight excluding hydrogens is 899 g/mol. The maximum Gasteiger partial charge on any atom is 0.249 e. The van der Waals surface area contributed by atoms with E-state index >= 15 is 0 Å². The lowest BCUT2D eigenvalue weighted by Crippen LogP contribution is -2.65. The van der Waals surface area contributed by atoms with E-state index < -0.39 is 105 Å². The highest BCUT2D eigenvalue weighted by molar-refractivity contribution is 5.80. The molecule has 2 saturated heterocycles. The number of nitrogens with one attached hydrogen (secondary N) is 1. The van der Waals surface area contributed by atoms with Crippen LogP contribution in [0.3, 0.4) is 0 Å². The van der Waals surface area contributed by atoms with Crippen LogP contribution in [0.5, 0.6) is 0 Å². The first-order valence-corrected chi connectivity index (χ1v) is 28.4. The molecular formula is C55H105NO14. The Morgan fingerprint density at radius 3 is 1.49 bits per heavy atom. The van der Waals surface area contributed by atoms with Crippen molar-refractivity contribution in [2.45, 2.75) is 306 Å². The molecule has 0 aliphatic carbocycles. The van der Waals surface area contributed by atoms with Crippen molar-refractivity contribution in [2.75, 3.05) is 19.8 Å². The van der Waals surface area contributed by atoms with Gasteiger partial charge in [0.25, 0.3) is 0 Å². The summed E-state index contributed by atoms with van der Waals surface area (Å²) in [6.07, 6.45) is 22.8. The first-order chi connectivity index (χ1) is 33.9. The molecule has 2 fully saturated rings. The number of allylic oxidation sites excluding steroid dienone is 1. The Morgan fingerprint density at radius 2 is 1.00 bits per heavy atom. The minimum Gasteiger partial charge on any atom is -0.394 e. The van der Waals surface area contributed by atoms with E-state index in [4.69, 9.17) is 18.9 Å². The van der Waals surface area contributed by atoms with Gasteiger partial charge in [-0.3, -0.25) is 4.79 Å². The van der Waals surface area contributed by atoms with Gasteiger partial charge in [-0.2, -0.15) is 0 Å². The zero-order valence-electron chi connectivity index (χ0n) is 44.1. The van der Waals surface area contributed by atoms with Gasteiger partial charge in [-0.25, -0.2) is 0 Å². The van der Waals surface area contributed by atoms with Crippen molar-refractivity contribution in [2.24, 2.45) is 5.92 Å². The van der Waals surface area contributed by atoms with E-state index in [0.29, 0.717) is 6.42 Å². The summed E-state index contributed by atoms with van der Waals surface area (Å²) in [5.74, 6) is 0.129. The zero-order chi connectivity index (χ0) is 51.4. The number of rotatable bonds is 44. The molecule has 1 amide bonds. The lowest BCUT2D eigenvalue weighted by Gasteiger charge is -2.46. The van der Waals surface area contributed by atoms with Gasteiger partial charge in [0.1, 0.15) is 54.9 Å². The number of hydrogen-bond acceptors (Lipinski definition) is 14. The minimum atomic E-state index is -1.81. The van der Waals surface area contributed by atoms with E-state index in [9.17, 15) is 50.8 Å². The highest BCUT2D eigenvalue weighted by atomic mass is 16.7. The molecule has 0 aromatic rings. The number of ether oxygens (including phenoxy) is 4. The first kappa shape index (κ1) is 64.8. The van der Waals surface area contributed by atoms with Gasteiger partial charge < -0.3 is 70.2 Å². The van der Waals surface area contributed by atoms with Gasteiger partial charge in [-0.05, 0) is 25.2 Å². The van der Waals surface area contributed by atoms with Gasteiger partial charge in [-0.15, -0.1) is 0 Å². The van der Waals surface area contributed by atoms with Crippen LogP contribution >= 0.6 is 0 Å². The molecule has 0 aromatic carbocycles. The molecule has 2 aliphatic heterocycles. The first-order valence-electron chi connectivity index (χ1n) is 28.4. The molecule has 2 aliphatic rings. The fourth-order valence-electron chi connectivity index (χ4n) is 9.51. The number of carbonyl (C=O) groups excluding carboxylic acids is 1. The maximum atomic E-state index is 13.3. The maximum absolute atomic E-state index is 13.3. The van der Waals surface area contributed by atoms with Crippen molar-refractivity contribution in [3.8, 4) is 0 Å². The molecule has 14 atom stereocenters. The summed E-state index contributed by atoms with van der Waals surface area (Å²) < 4.78 is 22.6. The summed E-state index contributed by atoms with van der Waals surface area (Å²) in [5.41, 5.74) is 0. The van der Waals surface area contributed by atoms with E-state index in [1.807, 2.05) is 6.08 Å². The Balaban J connectivity index is 1.82. The number of aliphatic hydroxyl groups excluding tert-OH is 9. The van der Waals surface area contributed by atoms with Crippen molar-refractivity contribution in [1.29, 1.82) is 0 Å². The fraction of sp³-hybridized carbons (Fsp3) is 0.945. The largest absolute Gasteiger partial charge is 0.394 e. The molecule has 2 heterocycles. The number of hydrogen-bond donors (Lipinski definition) is 10. The highest BCUT2D eigenvalue weighted by Gasteiger charge is 2.51. The van der Waals surface area contributed by atoms with Gasteiger partial charge >= 0.3 is 0 Å². The second-order valence-corrected chi connectivity index (χ2v) is 20.8. The average molecular weight is 1000 g/mol. The molecule has 0 saturated carbocycles. The van der Waals surface area contributed by atoms with Crippen LogP contribution < -0.4 is 5.32 Å². The van der Waals surface area contributed by atoms with Gasteiger partial charge in [0.05, 0.1) is 32.0 Å². The van der Waals surface area contributed by atoms with Crippen molar-refractivity contribution in [3.63, 3.8) is 0 Å². The van der Waals surface area contributed by atoms with E-state index in [0.717, 1.165) is 50.9 Å². The van der Waals surface area contributed by atoms with Crippen molar-refractivity contribution in [3.05, 3.63) is 12.2 Å². The highest BCUT2D eigenvalue weighted by Crippen LogP contribution is 2.30. The van der Waals surface area contributed by atoms with Gasteiger partial charge in [0.15, 0.2) is 12.6 Å². The summed E-state index contributed by atoms with van der Waals surface area (Å²) in [4.78, 5) is 13.3. The normalized spacial score (nSPS) is 26.9. The Morgan fingerprint density at radius 1 is 0.557 bits per heavy atom. The molecule has 1 unspecified atom stereocenters. The topological polar surface area (TPSA) is 248 Å². The number of aliphatic hydroxyl groups is 9. The molecule has 2 rings (SSSR count). The summed E-state index contributed by atoms with van der Waals surface area (Å²) in [6, 6.07) is -1.09. The van der Waals surface area contributed by atoms with Crippen LogP contribution in [0.4, 0.5) is 0 Å². The standard InChI is InChI=1S/C55H105NO14/c1-4-6-7-8-9-10-11-12-13-14-15-16-17-18-19-20-25-28-31-34-37-44(60)53(66)56-42(43(59)36-33-30-27-24-22-21-23-26-29-32-35-41(3)5-2)40-67-54-51(65)49(63)52(46(39-58)69-54)70-55-50(64)48(62)47(61)45(38-57)68-55/h33,36,41-52,54-55,57-65H,4-32,34-35,37-40H2,1-3H3,(H,56,66)/b36-33+/t41?,42-,43+,44+,45+,46+,47+,48-,49+,50+,51+,52+,54+,55-/m0/s1. The molecule has 0 radical (unpaired) electrons. The van der Waals surface area contributed by atoms with Crippen LogP contribution in [0.1, 0.15) is 226 Å². The quantitative estimate of drug-likeness (QED) is 0.0209. The van der Waals surface area contributed by atoms with Crippen LogP contribution in [0.25, 0.3) is 0 Å². The molecule has 15 nitrogen and oxygen atoms in total. The second kappa shape index (κ2) is 41.0. The Bertz CT molecular complexity index is 1260. The predicted octanol–water partition coefficient (Wildman–Crippen LogP) is 7.55. The molecule has 15 heteroatoms. The smallest absolute Gasteiger partial charge is 0.249 e. The Kier molecular flexibility index (Phi) is 38.0. The van der Waals surface area contributed by atoms with Gasteiger partial charge in [-0.1, -0.05) is 219 Å². The number of carbonyl (C=O) groups is 1. The third kappa shape index (κ3) is 27.3.